The SMILES string of the molecule is CCOC(=O)c1cn(-c2nccs2)c2nc(N3CC4(CN(C(=O)OC(C)(C)C)C4)C3)c(F)cc2c1=O. The third-order valence-electron chi connectivity index (χ3n) is 6.09. The van der Waals surface area contributed by atoms with Crippen molar-refractivity contribution in [1.29, 1.82) is 0 Å². The Morgan fingerprint density at radius 3 is 2.56 bits per heavy atom. The van der Waals surface area contributed by atoms with Crippen molar-refractivity contribution in [1.82, 2.24) is 19.4 Å². The maximum Gasteiger partial charge on any atom is 0.410 e. The molecule has 2 fully saturated rings. The molecule has 0 bridgehead atoms. The van der Waals surface area contributed by atoms with Gasteiger partial charge in [0.05, 0.1) is 12.0 Å². The summed E-state index contributed by atoms with van der Waals surface area (Å²) in [5, 5.41) is 2.19. The topological polar surface area (TPSA) is 107 Å². The number of hydrogen-bond donors (Lipinski definition) is 0. The molecule has 3 aromatic heterocycles. The van der Waals surface area contributed by atoms with Crippen LogP contribution in [-0.2, 0) is 9.47 Å². The molecule has 2 aliphatic heterocycles. The molecule has 0 radical (unpaired) electrons. The zero-order valence-corrected chi connectivity index (χ0v) is 21.2. The second kappa shape index (κ2) is 8.54. The van der Waals surface area contributed by atoms with Gasteiger partial charge in [0.2, 0.25) is 5.43 Å². The van der Waals surface area contributed by atoms with Gasteiger partial charge in [0.25, 0.3) is 0 Å². The van der Waals surface area contributed by atoms with Crippen molar-refractivity contribution in [3.05, 3.63) is 45.4 Å². The second-order valence-corrected chi connectivity index (χ2v) is 11.0. The predicted octanol–water partition coefficient (Wildman–Crippen LogP) is 3.22. The van der Waals surface area contributed by atoms with Crippen molar-refractivity contribution in [3.8, 4) is 5.13 Å². The highest BCUT2D eigenvalue weighted by atomic mass is 32.1. The Morgan fingerprint density at radius 2 is 1.94 bits per heavy atom. The van der Waals surface area contributed by atoms with Crippen molar-refractivity contribution < 1.29 is 23.5 Å². The van der Waals surface area contributed by atoms with Gasteiger partial charge in [-0.2, -0.15) is 0 Å². The van der Waals surface area contributed by atoms with Gasteiger partial charge in [-0.05, 0) is 33.8 Å². The molecule has 0 N–H and O–H groups in total. The van der Waals surface area contributed by atoms with Crippen molar-refractivity contribution in [2.24, 2.45) is 5.41 Å². The number of pyridine rings is 2. The molecule has 10 nitrogen and oxygen atoms in total. The van der Waals surface area contributed by atoms with E-state index in [9.17, 15) is 14.4 Å². The lowest BCUT2D eigenvalue weighted by Crippen LogP contribution is -2.73. The number of amides is 1. The molecule has 1 amide bonds. The standard InChI is InChI=1S/C24H26FN5O5S/c1-5-34-20(32)15-9-30(21-26-6-7-36-21)18-14(17(15)31)8-16(25)19(27-18)28-10-24(11-28)12-29(13-24)22(33)35-23(2,3)4/h6-9H,5,10-13H2,1-4H3. The molecule has 0 unspecified atom stereocenters. The summed E-state index contributed by atoms with van der Waals surface area (Å²) in [7, 11) is 0. The molecule has 190 valence electrons. The molecule has 2 saturated heterocycles. The lowest BCUT2D eigenvalue weighted by molar-refractivity contribution is -0.0456. The van der Waals surface area contributed by atoms with E-state index < -0.39 is 22.8 Å². The molecule has 0 aromatic carbocycles. The van der Waals surface area contributed by atoms with E-state index in [0.29, 0.717) is 31.3 Å². The molecule has 12 heteroatoms. The third kappa shape index (κ3) is 4.19. The van der Waals surface area contributed by atoms with Crippen molar-refractivity contribution in [2.75, 3.05) is 37.7 Å². The zero-order chi connectivity index (χ0) is 25.8. The highest BCUT2D eigenvalue weighted by Gasteiger charge is 2.54. The van der Waals surface area contributed by atoms with E-state index in [2.05, 4.69) is 9.97 Å². The maximum absolute atomic E-state index is 15.2. The number of halogens is 1. The normalized spacial score (nSPS) is 16.6. The van der Waals surface area contributed by atoms with E-state index in [-0.39, 0.29) is 40.5 Å². The Bertz CT molecular complexity index is 1400. The number of likely N-dealkylation sites (tertiary alicyclic amines) is 1. The van der Waals surface area contributed by atoms with Crippen LogP contribution in [0, 0.1) is 11.2 Å². The molecular weight excluding hydrogens is 489 g/mol. The fourth-order valence-electron chi connectivity index (χ4n) is 4.60. The number of carbonyl (C=O) groups excluding carboxylic acids is 2. The van der Waals surface area contributed by atoms with Crippen LogP contribution >= 0.6 is 11.3 Å². The predicted molar refractivity (Wildman–Crippen MR) is 131 cm³/mol. The molecule has 3 aromatic rings. The number of aromatic nitrogens is 3. The smallest absolute Gasteiger partial charge is 0.410 e. The molecule has 0 aliphatic carbocycles. The van der Waals surface area contributed by atoms with E-state index in [1.54, 1.807) is 28.3 Å². The quantitative estimate of drug-likeness (QED) is 0.488. The summed E-state index contributed by atoms with van der Waals surface area (Å²) in [6.45, 7) is 9.29. The van der Waals surface area contributed by atoms with Gasteiger partial charge in [-0.25, -0.2) is 23.9 Å². The number of ether oxygens (including phenoxy) is 2. The van der Waals surface area contributed by atoms with E-state index in [0.717, 1.165) is 6.07 Å². The summed E-state index contributed by atoms with van der Waals surface area (Å²) in [6.07, 6.45) is 2.58. The molecule has 5 heterocycles. The number of thiazole rings is 1. The number of fused-ring (bicyclic) bond motifs is 1. The first-order chi connectivity index (χ1) is 17.0. The third-order valence-corrected chi connectivity index (χ3v) is 6.86. The van der Waals surface area contributed by atoms with Crippen LogP contribution in [0.5, 0.6) is 0 Å². The van der Waals surface area contributed by atoms with Gasteiger partial charge in [-0.15, -0.1) is 11.3 Å². The van der Waals surface area contributed by atoms with Gasteiger partial charge in [-0.1, -0.05) is 0 Å². The first-order valence-corrected chi connectivity index (χ1v) is 12.4. The van der Waals surface area contributed by atoms with Crippen LogP contribution in [0.3, 0.4) is 0 Å². The number of rotatable bonds is 4. The van der Waals surface area contributed by atoms with Gasteiger partial charge in [-0.3, -0.25) is 9.36 Å². The minimum atomic E-state index is -0.789. The van der Waals surface area contributed by atoms with Crippen LogP contribution in [0.15, 0.2) is 28.6 Å². The molecular formula is C24H26FN5O5S. The van der Waals surface area contributed by atoms with Crippen LogP contribution in [0.2, 0.25) is 0 Å². The monoisotopic (exact) mass is 515 g/mol. The van der Waals surface area contributed by atoms with Gasteiger partial charge >= 0.3 is 12.1 Å². The minimum Gasteiger partial charge on any atom is -0.462 e. The van der Waals surface area contributed by atoms with Crippen molar-refractivity contribution in [3.63, 3.8) is 0 Å². The van der Waals surface area contributed by atoms with Gasteiger partial charge < -0.3 is 19.3 Å². The van der Waals surface area contributed by atoms with Crippen molar-refractivity contribution >= 4 is 40.3 Å². The average Bonchev–Trinajstić information content (AvgIpc) is 3.26. The molecule has 36 heavy (non-hydrogen) atoms. The lowest BCUT2D eigenvalue weighted by atomic mass is 9.73. The van der Waals surface area contributed by atoms with Crippen LogP contribution in [0.4, 0.5) is 15.0 Å². The molecule has 5 rings (SSSR count). The van der Waals surface area contributed by atoms with E-state index in [1.807, 2.05) is 20.8 Å². The summed E-state index contributed by atoms with van der Waals surface area (Å²) >= 11 is 1.29. The first-order valence-electron chi connectivity index (χ1n) is 11.6. The largest absolute Gasteiger partial charge is 0.462 e. The maximum atomic E-state index is 15.2. The van der Waals surface area contributed by atoms with Gasteiger partial charge in [0.1, 0.15) is 11.2 Å². The summed E-state index contributed by atoms with van der Waals surface area (Å²) in [5.74, 6) is -1.34. The number of esters is 1. The van der Waals surface area contributed by atoms with Crippen LogP contribution < -0.4 is 10.3 Å². The number of anilines is 1. The summed E-state index contributed by atoms with van der Waals surface area (Å²) in [4.78, 5) is 49.9. The van der Waals surface area contributed by atoms with Gasteiger partial charge in [0, 0.05) is 49.4 Å². The minimum absolute atomic E-state index is 0.0352. The molecule has 0 atom stereocenters. The fraction of sp³-hybridized carbons (Fsp3) is 0.458. The summed E-state index contributed by atoms with van der Waals surface area (Å²) in [5.41, 5.74) is -1.37. The van der Waals surface area contributed by atoms with E-state index in [4.69, 9.17) is 9.47 Å². The Labute approximate surface area is 210 Å². The molecule has 0 saturated carbocycles. The van der Waals surface area contributed by atoms with E-state index in [1.165, 1.54) is 22.1 Å². The number of nitrogens with zero attached hydrogens (tertiary/aromatic N) is 5. The second-order valence-electron chi connectivity index (χ2n) is 10.1. The van der Waals surface area contributed by atoms with Crippen LogP contribution in [0.1, 0.15) is 38.1 Å². The molecule has 1 spiro atoms. The Morgan fingerprint density at radius 1 is 1.22 bits per heavy atom. The van der Waals surface area contributed by atoms with E-state index >= 15 is 4.39 Å². The van der Waals surface area contributed by atoms with Gasteiger partial charge in [0.15, 0.2) is 22.4 Å². The van der Waals surface area contributed by atoms with Crippen LogP contribution in [-0.4, -0.2) is 69.9 Å². The molecule has 2 aliphatic rings. The van der Waals surface area contributed by atoms with Crippen LogP contribution in [0.25, 0.3) is 16.2 Å². The average molecular weight is 516 g/mol. The Kier molecular flexibility index (Phi) is 5.73. The lowest BCUT2D eigenvalue weighted by Gasteiger charge is -2.60. The Balaban J connectivity index is 1.44. The fourth-order valence-corrected chi connectivity index (χ4v) is 5.22. The summed E-state index contributed by atoms with van der Waals surface area (Å²) in [6, 6.07) is 1.12. The number of hydrogen-bond acceptors (Lipinski definition) is 9. The summed E-state index contributed by atoms with van der Waals surface area (Å²) < 4.78 is 27.2. The highest BCUT2D eigenvalue weighted by molar-refractivity contribution is 7.12. The van der Waals surface area contributed by atoms with Crippen molar-refractivity contribution in [2.45, 2.75) is 33.3 Å². The number of carbonyl (C=O) groups is 2. The zero-order valence-electron chi connectivity index (χ0n) is 20.4. The highest BCUT2D eigenvalue weighted by Crippen LogP contribution is 2.42. The Hall–Kier alpha value is -3.54. The first kappa shape index (κ1) is 24.2.